The lowest BCUT2D eigenvalue weighted by molar-refractivity contribution is 0.580. The van der Waals surface area contributed by atoms with Crippen LogP contribution in [0.4, 0.5) is 0 Å². The monoisotopic (exact) mass is 188 g/mol. The Labute approximate surface area is 72.9 Å². The second-order valence-corrected chi connectivity index (χ2v) is 4.68. The van der Waals surface area contributed by atoms with E-state index in [9.17, 15) is 8.42 Å². The molecule has 0 aromatic carbocycles. The predicted molar refractivity (Wildman–Crippen MR) is 46.8 cm³/mol. The van der Waals surface area contributed by atoms with Crippen LogP contribution in [0.2, 0.25) is 0 Å². The Hall–Kier alpha value is -0.860. The summed E-state index contributed by atoms with van der Waals surface area (Å²) in [4.78, 5) is 0. The van der Waals surface area contributed by atoms with Crippen molar-refractivity contribution in [3.63, 3.8) is 0 Å². The molecule has 0 fully saturated rings. The van der Waals surface area contributed by atoms with E-state index in [0.717, 1.165) is 0 Å². The Morgan fingerprint density at radius 2 is 2.25 bits per heavy atom. The lowest BCUT2D eigenvalue weighted by atomic mass is 10.4. The molecular weight excluding hydrogens is 176 g/mol. The zero-order valence-electron chi connectivity index (χ0n) is 7.16. The fourth-order valence-electron chi connectivity index (χ4n) is 0.418. The van der Waals surface area contributed by atoms with Crippen molar-refractivity contribution < 1.29 is 8.42 Å². The van der Waals surface area contributed by atoms with E-state index in [1.807, 2.05) is 0 Å². The summed E-state index contributed by atoms with van der Waals surface area (Å²) in [7, 11) is -3.48. The Kier molecular flexibility index (Phi) is 3.93. The number of nitrogens with zero attached hydrogens (tertiary/aromatic N) is 1. The number of nitriles is 1. The normalized spacial score (nSPS) is 13.4. The van der Waals surface area contributed by atoms with Gasteiger partial charge < -0.3 is 0 Å². The second kappa shape index (κ2) is 4.24. The molecule has 0 aliphatic heterocycles. The molecule has 0 aliphatic rings. The molecule has 0 aromatic heterocycles. The van der Waals surface area contributed by atoms with Gasteiger partial charge in [0.25, 0.3) is 0 Å². The third-order valence-corrected chi connectivity index (χ3v) is 2.81. The molecule has 12 heavy (non-hydrogen) atoms. The highest BCUT2D eigenvalue weighted by Crippen LogP contribution is 1.96. The number of nitrogens with one attached hydrogen (secondary N) is 1. The van der Waals surface area contributed by atoms with Gasteiger partial charge in [0.2, 0.25) is 10.0 Å². The van der Waals surface area contributed by atoms with Crippen molar-refractivity contribution in [2.24, 2.45) is 0 Å². The fraction of sp³-hybridized carbons (Fsp3) is 0.571. The maximum Gasteiger partial charge on any atom is 0.227 e. The quantitative estimate of drug-likeness (QED) is 0.649. The molecule has 0 aliphatic carbocycles. The highest BCUT2D eigenvalue weighted by Gasteiger charge is 2.18. The molecule has 1 unspecified atom stereocenters. The predicted octanol–water partition coefficient (Wildman–Crippen LogP) is 0.394. The van der Waals surface area contributed by atoms with E-state index in [4.69, 9.17) is 5.26 Å². The van der Waals surface area contributed by atoms with Crippen molar-refractivity contribution in [2.75, 3.05) is 6.54 Å². The maximum atomic E-state index is 11.1. The molecule has 4 nitrogen and oxygen atoms in total. The molecule has 0 saturated carbocycles. The standard InChI is InChI=1S/C7H12N2O2S/c1-6(2)5-9-12(10,11)7(3)4-8/h7,9H,1,5H2,2-3H3. The zero-order chi connectivity index (χ0) is 9.78. The van der Waals surface area contributed by atoms with Gasteiger partial charge in [0, 0.05) is 6.54 Å². The van der Waals surface area contributed by atoms with Crippen LogP contribution in [0.5, 0.6) is 0 Å². The number of hydrogen-bond donors (Lipinski definition) is 1. The van der Waals surface area contributed by atoms with Crippen LogP contribution in [-0.2, 0) is 10.0 Å². The first-order valence-corrected chi connectivity index (χ1v) is 4.97. The molecule has 5 heteroatoms. The van der Waals surface area contributed by atoms with Crippen molar-refractivity contribution in [2.45, 2.75) is 19.1 Å². The van der Waals surface area contributed by atoms with E-state index < -0.39 is 15.3 Å². The van der Waals surface area contributed by atoms with Crippen LogP contribution < -0.4 is 4.72 Å². The van der Waals surface area contributed by atoms with Gasteiger partial charge in [-0.25, -0.2) is 13.1 Å². The largest absolute Gasteiger partial charge is 0.227 e. The van der Waals surface area contributed by atoms with E-state index >= 15 is 0 Å². The molecule has 0 rings (SSSR count). The van der Waals surface area contributed by atoms with Crippen molar-refractivity contribution in [3.05, 3.63) is 12.2 Å². The van der Waals surface area contributed by atoms with Crippen LogP contribution >= 0.6 is 0 Å². The Balaban J connectivity index is 4.27. The van der Waals surface area contributed by atoms with Crippen LogP contribution in [0, 0.1) is 11.3 Å². The SMILES string of the molecule is C=C(C)CNS(=O)(=O)C(C)C#N. The van der Waals surface area contributed by atoms with E-state index in [1.54, 1.807) is 13.0 Å². The van der Waals surface area contributed by atoms with Gasteiger partial charge in [0.15, 0.2) is 5.25 Å². The third-order valence-electron chi connectivity index (χ3n) is 1.22. The zero-order valence-corrected chi connectivity index (χ0v) is 7.98. The van der Waals surface area contributed by atoms with Crippen molar-refractivity contribution in [1.29, 1.82) is 5.26 Å². The minimum Gasteiger partial charge on any atom is -0.211 e. The van der Waals surface area contributed by atoms with Crippen LogP contribution in [0.25, 0.3) is 0 Å². The molecule has 0 bridgehead atoms. The summed E-state index contributed by atoms with van der Waals surface area (Å²) >= 11 is 0. The molecule has 0 radical (unpaired) electrons. The van der Waals surface area contributed by atoms with Crippen LogP contribution in [-0.4, -0.2) is 20.2 Å². The molecular formula is C7H12N2O2S. The maximum absolute atomic E-state index is 11.1. The molecule has 0 heterocycles. The van der Waals surface area contributed by atoms with Gasteiger partial charge in [0.05, 0.1) is 6.07 Å². The Morgan fingerprint density at radius 3 is 2.58 bits per heavy atom. The van der Waals surface area contributed by atoms with Gasteiger partial charge in [-0.2, -0.15) is 5.26 Å². The minimum absolute atomic E-state index is 0.189. The molecule has 1 N–H and O–H groups in total. The van der Waals surface area contributed by atoms with E-state index in [0.29, 0.717) is 5.57 Å². The minimum atomic E-state index is -3.48. The summed E-state index contributed by atoms with van der Waals surface area (Å²) in [5, 5.41) is 7.33. The van der Waals surface area contributed by atoms with Crippen LogP contribution in [0.1, 0.15) is 13.8 Å². The summed E-state index contributed by atoms with van der Waals surface area (Å²) in [6.07, 6.45) is 0. The molecule has 68 valence electrons. The summed E-state index contributed by atoms with van der Waals surface area (Å²) in [6.45, 7) is 6.76. The lowest BCUT2D eigenvalue weighted by Crippen LogP contribution is -2.32. The summed E-state index contributed by atoms with van der Waals surface area (Å²) in [5.41, 5.74) is 0.712. The average Bonchev–Trinajstić information content (AvgIpc) is 1.99. The van der Waals surface area contributed by atoms with E-state index in [2.05, 4.69) is 11.3 Å². The van der Waals surface area contributed by atoms with Crippen molar-refractivity contribution >= 4 is 10.0 Å². The van der Waals surface area contributed by atoms with E-state index in [-0.39, 0.29) is 6.54 Å². The Morgan fingerprint density at radius 1 is 1.75 bits per heavy atom. The highest BCUT2D eigenvalue weighted by molar-refractivity contribution is 7.90. The first kappa shape index (κ1) is 11.1. The number of hydrogen-bond acceptors (Lipinski definition) is 3. The highest BCUT2D eigenvalue weighted by atomic mass is 32.2. The molecule has 0 aromatic rings. The van der Waals surface area contributed by atoms with E-state index in [1.165, 1.54) is 6.92 Å². The van der Waals surface area contributed by atoms with Gasteiger partial charge in [-0.1, -0.05) is 12.2 Å². The average molecular weight is 188 g/mol. The molecule has 1 atom stereocenters. The summed E-state index contributed by atoms with van der Waals surface area (Å²) < 4.78 is 24.4. The lowest BCUT2D eigenvalue weighted by Gasteiger charge is -2.06. The van der Waals surface area contributed by atoms with Crippen molar-refractivity contribution in [1.82, 2.24) is 4.72 Å². The topological polar surface area (TPSA) is 70.0 Å². The fourth-order valence-corrected chi connectivity index (χ4v) is 1.25. The first-order chi connectivity index (χ1) is 5.40. The molecule has 0 amide bonds. The van der Waals surface area contributed by atoms with Gasteiger partial charge in [-0.15, -0.1) is 0 Å². The molecule has 0 spiro atoms. The van der Waals surface area contributed by atoms with Crippen LogP contribution in [0.15, 0.2) is 12.2 Å². The number of sulfonamides is 1. The summed E-state index contributed by atoms with van der Waals surface area (Å²) in [6, 6.07) is 1.65. The van der Waals surface area contributed by atoms with Gasteiger partial charge in [0.1, 0.15) is 0 Å². The third kappa shape index (κ3) is 3.51. The van der Waals surface area contributed by atoms with Gasteiger partial charge >= 0.3 is 0 Å². The number of rotatable bonds is 4. The first-order valence-electron chi connectivity index (χ1n) is 3.42. The van der Waals surface area contributed by atoms with Crippen LogP contribution in [0.3, 0.4) is 0 Å². The Bertz CT molecular complexity index is 300. The smallest absolute Gasteiger partial charge is 0.211 e. The second-order valence-electron chi connectivity index (χ2n) is 2.59. The summed E-state index contributed by atoms with van der Waals surface area (Å²) in [5.74, 6) is 0. The molecule has 0 saturated heterocycles. The van der Waals surface area contributed by atoms with Crippen molar-refractivity contribution in [3.8, 4) is 6.07 Å². The van der Waals surface area contributed by atoms with Gasteiger partial charge in [-0.05, 0) is 13.8 Å². The van der Waals surface area contributed by atoms with Gasteiger partial charge in [-0.3, -0.25) is 0 Å².